The van der Waals surface area contributed by atoms with Gasteiger partial charge in [-0.05, 0) is 80.9 Å². The maximum absolute atomic E-state index is 13.3. The zero-order valence-corrected chi connectivity index (χ0v) is 18.6. The number of rotatable bonds is 3. The predicted molar refractivity (Wildman–Crippen MR) is 125 cm³/mol. The van der Waals surface area contributed by atoms with E-state index in [4.69, 9.17) is 12.2 Å². The predicted octanol–water partition coefficient (Wildman–Crippen LogP) is 3.94. The van der Waals surface area contributed by atoms with Crippen molar-refractivity contribution in [3.63, 3.8) is 0 Å². The number of aryl methyl sites for hydroxylation is 3. The van der Waals surface area contributed by atoms with E-state index < -0.39 is 11.8 Å². The van der Waals surface area contributed by atoms with Gasteiger partial charge in [0.25, 0.3) is 11.8 Å². The highest BCUT2D eigenvalue weighted by Gasteiger charge is 2.35. The van der Waals surface area contributed by atoms with Crippen LogP contribution in [0.2, 0.25) is 0 Å². The third-order valence-corrected chi connectivity index (χ3v) is 5.64. The van der Waals surface area contributed by atoms with Crippen LogP contribution in [-0.4, -0.2) is 26.5 Å². The molecule has 2 amide bonds. The van der Waals surface area contributed by atoms with Crippen molar-refractivity contribution in [1.82, 2.24) is 14.9 Å². The molecule has 1 aromatic carbocycles. The van der Waals surface area contributed by atoms with Gasteiger partial charge in [0.05, 0.1) is 5.69 Å². The van der Waals surface area contributed by atoms with Crippen LogP contribution >= 0.6 is 12.2 Å². The highest BCUT2D eigenvalue weighted by atomic mass is 32.1. The molecule has 0 unspecified atom stereocenters. The Hall–Kier alpha value is -3.58. The fourth-order valence-corrected chi connectivity index (χ4v) is 4.00. The number of amides is 2. The summed E-state index contributed by atoms with van der Waals surface area (Å²) in [4.78, 5) is 31.8. The molecule has 31 heavy (non-hydrogen) atoms. The molecular formula is C24H22N4O2S. The summed E-state index contributed by atoms with van der Waals surface area (Å²) in [7, 11) is 0. The van der Waals surface area contributed by atoms with Crippen molar-refractivity contribution in [1.29, 1.82) is 0 Å². The largest absolute Gasteiger partial charge is 0.303 e. The number of aromatic nitrogens is 2. The summed E-state index contributed by atoms with van der Waals surface area (Å²) in [5.74, 6) is -0.160. The van der Waals surface area contributed by atoms with Crippen molar-refractivity contribution in [2.45, 2.75) is 27.7 Å². The van der Waals surface area contributed by atoms with Crippen molar-refractivity contribution in [2.75, 3.05) is 4.90 Å². The number of hydrogen-bond acceptors (Lipinski definition) is 4. The summed E-state index contributed by atoms with van der Waals surface area (Å²) in [5.41, 5.74) is 5.26. The molecule has 3 heterocycles. The van der Waals surface area contributed by atoms with E-state index in [-0.39, 0.29) is 10.7 Å². The molecule has 1 saturated heterocycles. The molecule has 156 valence electrons. The fraction of sp³-hybridized carbons (Fsp3) is 0.167. The van der Waals surface area contributed by atoms with Gasteiger partial charge in [-0.2, -0.15) is 0 Å². The van der Waals surface area contributed by atoms with E-state index in [0.717, 1.165) is 33.9 Å². The van der Waals surface area contributed by atoms with Gasteiger partial charge in [-0.3, -0.25) is 19.8 Å². The number of benzene rings is 1. The maximum atomic E-state index is 13.3. The molecule has 7 heteroatoms. The minimum atomic E-state index is -0.502. The normalized spacial score (nSPS) is 15.5. The Bertz CT molecular complexity index is 1260. The van der Waals surface area contributed by atoms with Crippen LogP contribution in [0.4, 0.5) is 5.69 Å². The SMILES string of the molecule is Cc1ccc(-n2c(C)cc(/C=C3\C(=O)NC(=S)N(c4ccccc4C)C3=O)c2C)nc1. The molecular weight excluding hydrogens is 408 g/mol. The first kappa shape index (κ1) is 20.7. The van der Waals surface area contributed by atoms with Crippen LogP contribution in [0.25, 0.3) is 11.9 Å². The van der Waals surface area contributed by atoms with Gasteiger partial charge >= 0.3 is 0 Å². The lowest BCUT2D eigenvalue weighted by Gasteiger charge is -2.30. The van der Waals surface area contributed by atoms with E-state index in [2.05, 4.69) is 10.3 Å². The Morgan fingerprint density at radius 3 is 2.45 bits per heavy atom. The van der Waals surface area contributed by atoms with E-state index in [9.17, 15) is 9.59 Å². The van der Waals surface area contributed by atoms with Crippen LogP contribution in [0.3, 0.4) is 0 Å². The van der Waals surface area contributed by atoms with Crippen molar-refractivity contribution >= 4 is 40.9 Å². The Labute approximate surface area is 186 Å². The Kier molecular flexibility index (Phi) is 5.29. The number of para-hydroxylation sites is 1. The summed E-state index contributed by atoms with van der Waals surface area (Å²) in [6.45, 7) is 7.79. The number of nitrogens with one attached hydrogen (secondary N) is 1. The smallest absolute Gasteiger partial charge is 0.270 e. The van der Waals surface area contributed by atoms with Gasteiger partial charge in [0.2, 0.25) is 0 Å². The molecule has 1 aliphatic rings. The van der Waals surface area contributed by atoms with E-state index in [1.165, 1.54) is 4.90 Å². The summed E-state index contributed by atoms with van der Waals surface area (Å²) >= 11 is 5.30. The lowest BCUT2D eigenvalue weighted by molar-refractivity contribution is -0.122. The summed E-state index contributed by atoms with van der Waals surface area (Å²) in [5, 5.41) is 2.72. The van der Waals surface area contributed by atoms with Crippen molar-refractivity contribution in [2.24, 2.45) is 0 Å². The minimum absolute atomic E-state index is 0.0361. The quantitative estimate of drug-likeness (QED) is 0.388. The van der Waals surface area contributed by atoms with Crippen LogP contribution < -0.4 is 10.2 Å². The lowest BCUT2D eigenvalue weighted by atomic mass is 10.1. The van der Waals surface area contributed by atoms with Gasteiger partial charge in [-0.25, -0.2) is 4.98 Å². The molecule has 0 atom stereocenters. The zero-order valence-electron chi connectivity index (χ0n) is 17.8. The van der Waals surface area contributed by atoms with Gasteiger partial charge in [0.15, 0.2) is 5.11 Å². The number of pyridine rings is 1. The Morgan fingerprint density at radius 1 is 1.03 bits per heavy atom. The Morgan fingerprint density at radius 2 is 1.77 bits per heavy atom. The Balaban J connectivity index is 1.77. The molecule has 1 fully saturated rings. The summed E-state index contributed by atoms with van der Waals surface area (Å²) in [6.07, 6.45) is 3.43. The van der Waals surface area contributed by atoms with Crippen LogP contribution in [0.5, 0.6) is 0 Å². The molecule has 1 aliphatic heterocycles. The molecule has 2 aromatic heterocycles. The number of carbonyl (C=O) groups excluding carboxylic acids is 2. The maximum Gasteiger partial charge on any atom is 0.270 e. The second-order valence-electron chi connectivity index (χ2n) is 7.60. The highest BCUT2D eigenvalue weighted by Crippen LogP contribution is 2.27. The van der Waals surface area contributed by atoms with Crippen molar-refractivity contribution in [3.05, 3.63) is 82.3 Å². The van der Waals surface area contributed by atoms with Gasteiger partial charge in [0.1, 0.15) is 11.4 Å². The number of carbonyl (C=O) groups is 2. The van der Waals surface area contributed by atoms with Crippen LogP contribution in [-0.2, 0) is 9.59 Å². The molecule has 0 radical (unpaired) electrons. The monoisotopic (exact) mass is 430 g/mol. The minimum Gasteiger partial charge on any atom is -0.303 e. The molecule has 1 N–H and O–H groups in total. The zero-order chi connectivity index (χ0) is 22.3. The molecule has 3 aromatic rings. The molecule has 0 saturated carbocycles. The molecule has 0 bridgehead atoms. The molecule has 0 aliphatic carbocycles. The standard InChI is InChI=1S/C24H22N4O2S/c1-14-9-10-21(25-13-14)27-16(3)11-18(17(27)4)12-19-22(29)26-24(31)28(23(19)30)20-8-6-5-7-15(20)2/h5-13H,1-4H3,(H,26,29,31)/b19-12+. The number of thiocarbonyl (C=S) groups is 1. The summed E-state index contributed by atoms with van der Waals surface area (Å²) in [6, 6.07) is 13.3. The molecule has 4 rings (SSSR count). The number of nitrogens with zero attached hydrogens (tertiary/aromatic N) is 3. The second-order valence-corrected chi connectivity index (χ2v) is 7.99. The van der Waals surface area contributed by atoms with Crippen LogP contribution in [0.15, 0.2) is 54.2 Å². The first-order chi connectivity index (χ1) is 14.8. The lowest BCUT2D eigenvalue weighted by Crippen LogP contribution is -2.54. The van der Waals surface area contributed by atoms with Crippen LogP contribution in [0, 0.1) is 27.7 Å². The number of anilines is 1. The van der Waals surface area contributed by atoms with Gasteiger partial charge in [-0.15, -0.1) is 0 Å². The van der Waals surface area contributed by atoms with Gasteiger partial charge < -0.3 is 4.57 Å². The fourth-order valence-electron chi connectivity index (χ4n) is 3.72. The third-order valence-electron chi connectivity index (χ3n) is 5.35. The van der Waals surface area contributed by atoms with E-state index in [1.807, 2.05) is 80.9 Å². The van der Waals surface area contributed by atoms with Crippen molar-refractivity contribution < 1.29 is 9.59 Å². The highest BCUT2D eigenvalue weighted by molar-refractivity contribution is 7.80. The number of hydrogen-bond donors (Lipinski definition) is 1. The van der Waals surface area contributed by atoms with E-state index in [0.29, 0.717) is 5.69 Å². The van der Waals surface area contributed by atoms with Crippen LogP contribution in [0.1, 0.15) is 28.1 Å². The third kappa shape index (κ3) is 3.68. The molecule has 0 spiro atoms. The molecule has 6 nitrogen and oxygen atoms in total. The van der Waals surface area contributed by atoms with Crippen molar-refractivity contribution in [3.8, 4) is 5.82 Å². The average Bonchev–Trinajstić information content (AvgIpc) is 3.00. The average molecular weight is 431 g/mol. The van der Waals surface area contributed by atoms with Gasteiger partial charge in [0, 0.05) is 17.6 Å². The first-order valence-electron chi connectivity index (χ1n) is 9.87. The van der Waals surface area contributed by atoms with E-state index in [1.54, 1.807) is 6.08 Å². The van der Waals surface area contributed by atoms with E-state index >= 15 is 0 Å². The first-order valence-corrected chi connectivity index (χ1v) is 10.3. The summed E-state index contributed by atoms with van der Waals surface area (Å²) < 4.78 is 2.00. The van der Waals surface area contributed by atoms with Gasteiger partial charge in [-0.1, -0.05) is 24.3 Å². The topological polar surface area (TPSA) is 67.2 Å². The second kappa shape index (κ2) is 7.92.